The van der Waals surface area contributed by atoms with Gasteiger partial charge in [0.25, 0.3) is 11.7 Å². The van der Waals surface area contributed by atoms with E-state index in [0.29, 0.717) is 69.8 Å². The minimum atomic E-state index is -2.46. The Morgan fingerprint density at radius 2 is 1.57 bits per heavy atom. The number of esters is 2. The fraction of sp³-hybridized carbons (Fsp3) is 0.754. The number of hydrogen-bond acceptors (Lipinski definition) is 16. The molecule has 0 radical (unpaired) electrons. The maximum atomic E-state index is 14.6. The fourth-order valence-electron chi connectivity index (χ4n) is 11.3. The number of carbonyl (C=O) groups is 6. The highest BCUT2D eigenvalue weighted by molar-refractivity contribution is 6.42. The number of ether oxygens (including phenoxy) is 6. The average molecular weight is 1050 g/mol. The lowest BCUT2D eigenvalue weighted by atomic mass is 9.78. The molecule has 4 aliphatic heterocycles. The number of cyclic esters (lactones) is 1. The number of aliphatic hydroxyl groups excluding tert-OH is 1. The predicted molar refractivity (Wildman–Crippen MR) is 281 cm³/mol. The largest absolute Gasteiger partial charge is 0.460 e. The molecule has 1 amide bonds. The van der Waals surface area contributed by atoms with Crippen LogP contribution in [0.4, 0.5) is 0 Å². The standard InChI is InChI=1S/C57H88BNO16/c1-34-18-14-13-15-19-35(2)46(68-10)30-42-23-21-40(7)57(67,75-42)52(63)53(64)59-25-17-16-20-43(59)54(65)73-47(31-44(60)36(3)27-39(6)50(62)51(70-12)49(61)38(5)26-34)37(4)28-41-22-24-45(48(29-41)69-11)74-55(66)56(8)32-71-58(9)72-33-56/h13-15,18-19,27,34,36-38,40-43,45-48,50-51,62,67H,16-17,20-26,28-33H2,1-12H3/b15-13+,18-14+,35-19+,39-27+/t34-,36-,37-,38-,40-,41+,42+,43+,45-,46+,47+,48-,50-,51+,57-/m1/s1. The van der Waals surface area contributed by atoms with Crippen LogP contribution in [0.2, 0.25) is 6.82 Å². The summed E-state index contributed by atoms with van der Waals surface area (Å²) in [6.45, 7) is 16.5. The van der Waals surface area contributed by atoms with Crippen LogP contribution in [0, 0.1) is 40.9 Å². The van der Waals surface area contributed by atoms with Crippen molar-refractivity contribution in [1.82, 2.24) is 4.90 Å². The number of carbonyl (C=O) groups excluding carboxylic acids is 6. The van der Waals surface area contributed by atoms with Gasteiger partial charge in [-0.15, -0.1) is 0 Å². The number of rotatable bonds is 8. The number of allylic oxidation sites excluding steroid dienone is 6. The number of hydrogen-bond donors (Lipinski definition) is 2. The summed E-state index contributed by atoms with van der Waals surface area (Å²) in [5.41, 5.74) is 0.269. The van der Waals surface area contributed by atoms with E-state index >= 15 is 0 Å². The van der Waals surface area contributed by atoms with E-state index in [4.69, 9.17) is 37.7 Å². The van der Waals surface area contributed by atoms with Gasteiger partial charge < -0.3 is 52.8 Å². The Morgan fingerprint density at radius 1 is 0.867 bits per heavy atom. The molecule has 0 aromatic heterocycles. The van der Waals surface area contributed by atoms with Crippen LogP contribution in [0.25, 0.3) is 0 Å². The molecule has 3 saturated heterocycles. The Kier molecular flexibility index (Phi) is 23.3. The van der Waals surface area contributed by atoms with Gasteiger partial charge in [0.2, 0.25) is 5.79 Å². The van der Waals surface area contributed by atoms with Gasteiger partial charge in [-0.05, 0) is 121 Å². The van der Waals surface area contributed by atoms with Gasteiger partial charge in [-0.3, -0.25) is 24.0 Å². The van der Waals surface area contributed by atoms with E-state index in [-0.39, 0.29) is 56.0 Å². The smallest absolute Gasteiger partial charge is 0.453 e. The van der Waals surface area contributed by atoms with E-state index in [1.807, 2.05) is 58.1 Å². The first-order valence-electron chi connectivity index (χ1n) is 27.4. The molecule has 5 rings (SSSR count). The zero-order chi connectivity index (χ0) is 55.4. The number of aliphatic hydroxyl groups is 2. The summed E-state index contributed by atoms with van der Waals surface area (Å²) in [6, 6.07) is -1.18. The van der Waals surface area contributed by atoms with Crippen LogP contribution in [-0.4, -0.2) is 153 Å². The van der Waals surface area contributed by atoms with Crippen LogP contribution in [0.1, 0.15) is 132 Å². The summed E-state index contributed by atoms with van der Waals surface area (Å²) >= 11 is 0. The second-order valence-electron chi connectivity index (χ2n) is 22.7. The third-order valence-corrected chi connectivity index (χ3v) is 16.5. The molecule has 4 fully saturated rings. The molecular formula is C57H88BNO16. The van der Waals surface area contributed by atoms with Gasteiger partial charge in [0.1, 0.15) is 41.7 Å². The zero-order valence-corrected chi connectivity index (χ0v) is 46.8. The van der Waals surface area contributed by atoms with Gasteiger partial charge in [-0.1, -0.05) is 71.1 Å². The average Bonchev–Trinajstić information content (AvgIpc) is 3.38. The molecule has 0 aromatic rings. The molecule has 420 valence electrons. The SMILES string of the molecule is CO[C@H]1C[C@@H]2CC[C@@H](C)[C@@](O)(O2)C(=O)C(=O)N2CCCC[C@H]2C(=O)O[C@H]([C@H](C)C[C@@H]2CC[C@@H](OC(=O)C3(C)COB(C)OC3)[C@H](OC)C2)CC(=O)[C@H](C)/C=C(\C)[C@@H](O)[C@@H](OC)C(=O)[C@H](C)C[C@H](C)/C=C/C=C/C=C/1C. The van der Waals surface area contributed by atoms with Crippen LogP contribution in [0.5, 0.6) is 0 Å². The fourth-order valence-corrected chi connectivity index (χ4v) is 11.3. The van der Waals surface area contributed by atoms with E-state index in [9.17, 15) is 39.0 Å². The maximum Gasteiger partial charge on any atom is 0.453 e. The molecule has 18 heteroatoms. The number of piperidine rings is 1. The van der Waals surface area contributed by atoms with Crippen molar-refractivity contribution in [2.24, 2.45) is 40.9 Å². The lowest BCUT2D eigenvalue weighted by molar-refractivity contribution is -0.265. The van der Waals surface area contributed by atoms with Gasteiger partial charge in [-0.25, -0.2) is 4.79 Å². The molecule has 17 nitrogen and oxygen atoms in total. The number of amides is 1. The van der Waals surface area contributed by atoms with E-state index in [1.54, 1.807) is 54.8 Å². The molecule has 1 aliphatic carbocycles. The molecule has 0 aromatic carbocycles. The molecule has 0 spiro atoms. The molecule has 2 bridgehead atoms. The number of ketones is 3. The lowest BCUT2D eigenvalue weighted by Crippen LogP contribution is -2.61. The quantitative estimate of drug-likeness (QED) is 0.109. The molecule has 5 aliphatic rings. The molecule has 4 heterocycles. The second kappa shape index (κ2) is 28.1. The Balaban J connectivity index is 1.43. The van der Waals surface area contributed by atoms with Gasteiger partial charge in [-0.2, -0.15) is 0 Å². The Morgan fingerprint density at radius 3 is 2.24 bits per heavy atom. The Labute approximate surface area is 446 Å². The van der Waals surface area contributed by atoms with E-state index < -0.39 is 114 Å². The highest BCUT2D eigenvalue weighted by Crippen LogP contribution is 2.39. The van der Waals surface area contributed by atoms with Gasteiger partial charge >= 0.3 is 19.1 Å². The van der Waals surface area contributed by atoms with Crippen LogP contribution in [0.3, 0.4) is 0 Å². The summed E-state index contributed by atoms with van der Waals surface area (Å²) in [5, 5.41) is 23.6. The second-order valence-corrected chi connectivity index (χ2v) is 22.7. The number of methoxy groups -OCH3 is 3. The van der Waals surface area contributed by atoms with Crippen molar-refractivity contribution < 1.29 is 76.7 Å². The third-order valence-electron chi connectivity index (χ3n) is 16.5. The van der Waals surface area contributed by atoms with E-state index in [1.165, 1.54) is 12.0 Å². The van der Waals surface area contributed by atoms with Gasteiger partial charge in [0, 0.05) is 71.7 Å². The van der Waals surface area contributed by atoms with Gasteiger partial charge in [0.15, 0.2) is 5.78 Å². The molecule has 0 unspecified atom stereocenters. The molecular weight excluding hydrogens is 965 g/mol. The van der Waals surface area contributed by atoms with E-state index in [2.05, 4.69) is 0 Å². The van der Waals surface area contributed by atoms with Gasteiger partial charge in [0.05, 0.1) is 18.3 Å². The Hall–Kier alpha value is -3.88. The zero-order valence-electron chi connectivity index (χ0n) is 46.8. The molecule has 2 N–H and O–H groups in total. The van der Waals surface area contributed by atoms with Crippen molar-refractivity contribution in [3.05, 3.63) is 47.6 Å². The lowest BCUT2D eigenvalue weighted by Gasteiger charge is -2.42. The van der Waals surface area contributed by atoms with Crippen LogP contribution in [-0.2, 0) is 66.5 Å². The van der Waals surface area contributed by atoms with Crippen molar-refractivity contribution in [1.29, 1.82) is 0 Å². The van der Waals surface area contributed by atoms with Crippen molar-refractivity contribution in [2.45, 2.75) is 194 Å². The number of fused-ring (bicyclic) bond motifs is 3. The third kappa shape index (κ3) is 16.1. The van der Waals surface area contributed by atoms with Crippen molar-refractivity contribution >= 4 is 42.3 Å². The number of Topliss-reactive ketones (excluding diaryl/α,β-unsaturated/α-hetero) is 3. The minimum Gasteiger partial charge on any atom is -0.460 e. The van der Waals surface area contributed by atoms with Crippen LogP contribution < -0.4 is 0 Å². The summed E-state index contributed by atoms with van der Waals surface area (Å²) in [4.78, 5) is 86.1. The van der Waals surface area contributed by atoms with Crippen LogP contribution >= 0.6 is 0 Å². The first-order valence-corrected chi connectivity index (χ1v) is 27.4. The molecule has 15 atom stereocenters. The topological polar surface area (TPSA) is 220 Å². The summed E-state index contributed by atoms with van der Waals surface area (Å²) < 4.78 is 47.2. The maximum absolute atomic E-state index is 14.6. The first-order chi connectivity index (χ1) is 35.5. The Bertz CT molecular complexity index is 2100. The van der Waals surface area contributed by atoms with Crippen molar-refractivity contribution in [2.75, 3.05) is 41.1 Å². The highest BCUT2D eigenvalue weighted by Gasteiger charge is 2.53. The summed E-state index contributed by atoms with van der Waals surface area (Å²) in [7, 11) is 4.10. The highest BCUT2D eigenvalue weighted by atomic mass is 16.6. The monoisotopic (exact) mass is 1050 g/mol. The van der Waals surface area contributed by atoms with Crippen LogP contribution in [0.15, 0.2) is 47.6 Å². The summed E-state index contributed by atoms with van der Waals surface area (Å²) in [6.07, 6.45) is 10.5. The molecule has 75 heavy (non-hydrogen) atoms. The van der Waals surface area contributed by atoms with E-state index in [0.717, 1.165) is 5.57 Å². The molecule has 1 saturated carbocycles. The summed E-state index contributed by atoms with van der Waals surface area (Å²) in [5.74, 6) is -8.80. The number of nitrogens with zero attached hydrogens (tertiary/aromatic N) is 1. The minimum absolute atomic E-state index is 0.00142. The predicted octanol–water partition coefficient (Wildman–Crippen LogP) is 6.90. The first kappa shape index (κ1) is 62.0. The normalized spacial score (nSPS) is 38.5. The van der Waals surface area contributed by atoms with Crippen molar-refractivity contribution in [3.8, 4) is 0 Å². The van der Waals surface area contributed by atoms with Crippen molar-refractivity contribution in [3.63, 3.8) is 0 Å².